The first-order chi connectivity index (χ1) is 8.97. The lowest BCUT2D eigenvalue weighted by Gasteiger charge is -2.08. The van der Waals surface area contributed by atoms with E-state index < -0.39 is 11.7 Å². The van der Waals surface area contributed by atoms with Crippen LogP contribution >= 0.6 is 23.2 Å². The number of halogens is 3. The Morgan fingerprint density at radius 3 is 2.79 bits per heavy atom. The van der Waals surface area contributed by atoms with Gasteiger partial charge in [0.05, 0.1) is 11.3 Å². The lowest BCUT2D eigenvalue weighted by molar-refractivity contribution is 0.102. The second-order valence-corrected chi connectivity index (χ2v) is 4.72. The SMILES string of the molecule is Cc1cnc(Cl)c(NC(=O)c2cc(Cl)ccc2F)c1. The van der Waals surface area contributed by atoms with Crippen molar-refractivity contribution < 1.29 is 9.18 Å². The van der Waals surface area contributed by atoms with Crippen LogP contribution in [0.4, 0.5) is 10.1 Å². The quantitative estimate of drug-likeness (QED) is 0.849. The van der Waals surface area contributed by atoms with E-state index in [1.165, 1.54) is 12.1 Å². The molecule has 0 saturated carbocycles. The summed E-state index contributed by atoms with van der Waals surface area (Å²) in [6.07, 6.45) is 1.57. The molecule has 1 N–H and O–H groups in total. The third-order valence-electron chi connectivity index (χ3n) is 2.40. The predicted molar refractivity (Wildman–Crippen MR) is 73.3 cm³/mol. The van der Waals surface area contributed by atoms with Crippen molar-refractivity contribution in [1.82, 2.24) is 4.98 Å². The molecule has 0 spiro atoms. The molecule has 3 nitrogen and oxygen atoms in total. The highest BCUT2D eigenvalue weighted by molar-refractivity contribution is 6.33. The van der Waals surface area contributed by atoms with Gasteiger partial charge in [-0.3, -0.25) is 4.79 Å². The third kappa shape index (κ3) is 3.22. The zero-order valence-electron chi connectivity index (χ0n) is 9.88. The Balaban J connectivity index is 2.30. The molecular formula is C13H9Cl2FN2O. The number of aryl methyl sites for hydroxylation is 1. The number of aromatic nitrogens is 1. The van der Waals surface area contributed by atoms with Gasteiger partial charge in [0.15, 0.2) is 5.15 Å². The van der Waals surface area contributed by atoms with Crippen LogP contribution in [0.3, 0.4) is 0 Å². The van der Waals surface area contributed by atoms with Crippen molar-refractivity contribution in [3.63, 3.8) is 0 Å². The molecule has 1 heterocycles. The van der Waals surface area contributed by atoms with Crippen LogP contribution in [0.1, 0.15) is 15.9 Å². The van der Waals surface area contributed by atoms with E-state index >= 15 is 0 Å². The molecule has 0 radical (unpaired) electrons. The fraction of sp³-hybridized carbons (Fsp3) is 0.0769. The highest BCUT2D eigenvalue weighted by atomic mass is 35.5. The lowest BCUT2D eigenvalue weighted by Crippen LogP contribution is -2.14. The van der Waals surface area contributed by atoms with Crippen LogP contribution in [0.5, 0.6) is 0 Å². The molecule has 98 valence electrons. The molecule has 2 rings (SSSR count). The molecule has 1 aromatic heterocycles. The first-order valence-corrected chi connectivity index (χ1v) is 6.11. The number of anilines is 1. The smallest absolute Gasteiger partial charge is 0.258 e. The Labute approximate surface area is 119 Å². The maximum atomic E-state index is 13.5. The van der Waals surface area contributed by atoms with Gasteiger partial charge in [0.2, 0.25) is 0 Å². The van der Waals surface area contributed by atoms with Crippen LogP contribution in [-0.2, 0) is 0 Å². The topological polar surface area (TPSA) is 42.0 Å². The average Bonchev–Trinajstić information content (AvgIpc) is 2.36. The first kappa shape index (κ1) is 13.8. The Morgan fingerprint density at radius 2 is 2.05 bits per heavy atom. The molecule has 1 amide bonds. The summed E-state index contributed by atoms with van der Waals surface area (Å²) in [5, 5.41) is 2.92. The van der Waals surface area contributed by atoms with E-state index in [0.29, 0.717) is 5.69 Å². The van der Waals surface area contributed by atoms with Crippen molar-refractivity contribution in [1.29, 1.82) is 0 Å². The van der Waals surface area contributed by atoms with E-state index in [1.807, 2.05) is 0 Å². The molecule has 6 heteroatoms. The third-order valence-corrected chi connectivity index (χ3v) is 2.93. The van der Waals surface area contributed by atoms with Gasteiger partial charge in [0, 0.05) is 11.2 Å². The Bertz CT molecular complexity index is 647. The van der Waals surface area contributed by atoms with Crippen LogP contribution in [0.15, 0.2) is 30.5 Å². The second-order valence-electron chi connectivity index (χ2n) is 3.93. The molecule has 0 atom stereocenters. The summed E-state index contributed by atoms with van der Waals surface area (Å²) >= 11 is 11.6. The standard InChI is InChI=1S/C13H9Cl2FN2O/c1-7-4-11(12(15)17-6-7)18-13(19)9-5-8(14)2-3-10(9)16/h2-6H,1H3,(H,18,19). The number of benzene rings is 1. The number of rotatable bonds is 2. The molecular weight excluding hydrogens is 290 g/mol. The normalized spacial score (nSPS) is 10.3. The number of carbonyl (C=O) groups is 1. The van der Waals surface area contributed by atoms with Crippen molar-refractivity contribution in [2.24, 2.45) is 0 Å². The molecule has 19 heavy (non-hydrogen) atoms. The molecule has 0 fully saturated rings. The van der Waals surface area contributed by atoms with E-state index in [4.69, 9.17) is 23.2 Å². The van der Waals surface area contributed by atoms with Crippen LogP contribution in [0.2, 0.25) is 10.2 Å². The van der Waals surface area contributed by atoms with Gasteiger partial charge in [-0.15, -0.1) is 0 Å². The van der Waals surface area contributed by atoms with Crippen molar-refractivity contribution in [3.8, 4) is 0 Å². The average molecular weight is 299 g/mol. The van der Waals surface area contributed by atoms with Crippen LogP contribution in [-0.4, -0.2) is 10.9 Å². The van der Waals surface area contributed by atoms with Gasteiger partial charge >= 0.3 is 0 Å². The van der Waals surface area contributed by atoms with E-state index in [9.17, 15) is 9.18 Å². The minimum absolute atomic E-state index is 0.140. The van der Waals surface area contributed by atoms with E-state index in [2.05, 4.69) is 10.3 Å². The predicted octanol–water partition coefficient (Wildman–Crippen LogP) is 4.09. The minimum Gasteiger partial charge on any atom is -0.319 e. The van der Waals surface area contributed by atoms with Gasteiger partial charge in [-0.2, -0.15) is 0 Å². The van der Waals surface area contributed by atoms with E-state index in [-0.39, 0.29) is 15.7 Å². The molecule has 0 saturated heterocycles. The Hall–Kier alpha value is -1.65. The van der Waals surface area contributed by atoms with Crippen molar-refractivity contribution >= 4 is 34.8 Å². The number of hydrogen-bond donors (Lipinski definition) is 1. The fourth-order valence-corrected chi connectivity index (χ4v) is 1.82. The first-order valence-electron chi connectivity index (χ1n) is 5.36. The van der Waals surface area contributed by atoms with Gasteiger partial charge in [-0.25, -0.2) is 9.37 Å². The minimum atomic E-state index is -0.654. The molecule has 2 aromatic rings. The second kappa shape index (κ2) is 5.55. The van der Waals surface area contributed by atoms with Crippen molar-refractivity contribution in [2.75, 3.05) is 5.32 Å². The zero-order chi connectivity index (χ0) is 14.0. The van der Waals surface area contributed by atoms with E-state index in [0.717, 1.165) is 11.6 Å². The largest absolute Gasteiger partial charge is 0.319 e. The number of pyridine rings is 1. The fourth-order valence-electron chi connectivity index (χ4n) is 1.50. The van der Waals surface area contributed by atoms with Crippen LogP contribution in [0, 0.1) is 12.7 Å². The number of hydrogen-bond acceptors (Lipinski definition) is 2. The summed E-state index contributed by atoms with van der Waals surface area (Å²) < 4.78 is 13.5. The Morgan fingerprint density at radius 1 is 1.32 bits per heavy atom. The Kier molecular flexibility index (Phi) is 4.02. The lowest BCUT2D eigenvalue weighted by atomic mass is 10.2. The highest BCUT2D eigenvalue weighted by Crippen LogP contribution is 2.22. The number of nitrogens with one attached hydrogen (secondary N) is 1. The maximum absolute atomic E-state index is 13.5. The van der Waals surface area contributed by atoms with Gasteiger partial charge in [0.1, 0.15) is 5.82 Å². The number of nitrogens with zero attached hydrogens (tertiary/aromatic N) is 1. The summed E-state index contributed by atoms with van der Waals surface area (Å²) in [6, 6.07) is 5.40. The molecule has 0 aliphatic carbocycles. The van der Waals surface area contributed by atoms with E-state index in [1.54, 1.807) is 19.2 Å². The molecule has 0 bridgehead atoms. The maximum Gasteiger partial charge on any atom is 0.258 e. The summed E-state index contributed by atoms with van der Waals surface area (Å²) in [5.41, 5.74) is 1.00. The zero-order valence-corrected chi connectivity index (χ0v) is 11.4. The molecule has 0 aliphatic heterocycles. The van der Waals surface area contributed by atoms with Gasteiger partial charge < -0.3 is 5.32 Å². The molecule has 0 unspecified atom stereocenters. The van der Waals surface area contributed by atoms with Gasteiger partial charge in [-0.1, -0.05) is 23.2 Å². The number of carbonyl (C=O) groups excluding carboxylic acids is 1. The van der Waals surface area contributed by atoms with Crippen LogP contribution < -0.4 is 5.32 Å². The van der Waals surface area contributed by atoms with Gasteiger partial charge in [-0.05, 0) is 36.8 Å². The monoisotopic (exact) mass is 298 g/mol. The summed E-state index contributed by atoms with van der Waals surface area (Å²) in [7, 11) is 0. The summed E-state index contributed by atoms with van der Waals surface area (Å²) in [6.45, 7) is 1.80. The molecule has 0 aliphatic rings. The molecule has 1 aromatic carbocycles. The summed E-state index contributed by atoms with van der Waals surface area (Å²) in [4.78, 5) is 15.9. The van der Waals surface area contributed by atoms with Crippen molar-refractivity contribution in [3.05, 3.63) is 57.6 Å². The highest BCUT2D eigenvalue weighted by Gasteiger charge is 2.14. The van der Waals surface area contributed by atoms with Crippen molar-refractivity contribution in [2.45, 2.75) is 6.92 Å². The summed E-state index contributed by atoms with van der Waals surface area (Å²) in [5.74, 6) is -1.28. The van der Waals surface area contributed by atoms with Crippen LogP contribution in [0.25, 0.3) is 0 Å². The number of amides is 1. The van der Waals surface area contributed by atoms with Gasteiger partial charge in [0.25, 0.3) is 5.91 Å².